The fraction of sp³-hybridized carbons (Fsp3) is 0.588. The maximum Gasteiger partial charge on any atom is 0.191 e. The molecule has 0 heterocycles. The summed E-state index contributed by atoms with van der Waals surface area (Å²) in [4.78, 5) is 3.76. The van der Waals surface area contributed by atoms with Crippen LogP contribution >= 0.6 is 0 Å². The summed E-state index contributed by atoms with van der Waals surface area (Å²) in [5.74, 6) is -0.431. The van der Waals surface area contributed by atoms with E-state index in [-0.39, 0.29) is 17.2 Å². The Morgan fingerprint density at radius 2 is 1.84 bits per heavy atom. The predicted octanol–water partition coefficient (Wildman–Crippen LogP) is 1.97. The second-order valence-corrected chi connectivity index (χ2v) is 7.57. The van der Waals surface area contributed by atoms with Gasteiger partial charge in [0.2, 0.25) is 0 Å². The first-order chi connectivity index (χ1) is 12.0. The van der Waals surface area contributed by atoms with Gasteiger partial charge in [-0.2, -0.15) is 0 Å². The van der Waals surface area contributed by atoms with E-state index in [1.165, 1.54) is 18.2 Å². The van der Waals surface area contributed by atoms with E-state index < -0.39 is 15.7 Å². The van der Waals surface area contributed by atoms with Gasteiger partial charge in [-0.05, 0) is 25.0 Å². The fourth-order valence-corrected chi connectivity index (χ4v) is 3.30. The lowest BCUT2D eigenvalue weighted by Gasteiger charge is -2.12. The number of nitrogens with one attached hydrogen (secondary N) is 2. The molecule has 0 amide bonds. The number of unbranched alkanes of at least 4 members (excludes halogenated alkanes) is 1. The summed E-state index contributed by atoms with van der Waals surface area (Å²) in [5, 5.41) is 6.01. The van der Waals surface area contributed by atoms with Crippen molar-refractivity contribution in [2.75, 3.05) is 39.1 Å². The van der Waals surface area contributed by atoms with Crippen LogP contribution in [0.3, 0.4) is 0 Å². The molecule has 1 aromatic rings. The minimum absolute atomic E-state index is 0.142. The first-order valence-corrected chi connectivity index (χ1v) is 10.2. The number of sulfone groups is 1. The van der Waals surface area contributed by atoms with Gasteiger partial charge in [-0.15, -0.1) is 0 Å². The Morgan fingerprint density at radius 1 is 1.16 bits per heavy atom. The molecular formula is C17H28FN3O3S. The van der Waals surface area contributed by atoms with Gasteiger partial charge in [0.05, 0.1) is 5.75 Å². The van der Waals surface area contributed by atoms with Gasteiger partial charge in [-0.1, -0.05) is 25.5 Å². The maximum atomic E-state index is 13.6. The number of guanidine groups is 1. The van der Waals surface area contributed by atoms with Gasteiger partial charge in [0.25, 0.3) is 0 Å². The zero-order chi connectivity index (χ0) is 18.5. The van der Waals surface area contributed by atoms with E-state index in [2.05, 4.69) is 22.5 Å². The number of hydrogen-bond acceptors (Lipinski definition) is 4. The van der Waals surface area contributed by atoms with Crippen LogP contribution in [-0.4, -0.2) is 53.5 Å². The van der Waals surface area contributed by atoms with Gasteiger partial charge in [0.15, 0.2) is 15.8 Å². The van der Waals surface area contributed by atoms with Crippen molar-refractivity contribution in [3.8, 4) is 0 Å². The summed E-state index contributed by atoms with van der Waals surface area (Å²) >= 11 is 0. The molecule has 0 spiro atoms. The van der Waals surface area contributed by atoms with Crippen LogP contribution in [0.1, 0.15) is 26.2 Å². The minimum Gasteiger partial charge on any atom is -0.381 e. The van der Waals surface area contributed by atoms with Crippen LogP contribution in [0.5, 0.6) is 0 Å². The SMILES string of the molecule is CCCCOCCCNC(=NC)NCCS(=O)(=O)c1ccccc1F. The zero-order valence-electron chi connectivity index (χ0n) is 14.9. The number of aliphatic imine (C=N–C) groups is 1. The van der Waals surface area contributed by atoms with Crippen LogP contribution in [0, 0.1) is 5.82 Å². The molecule has 142 valence electrons. The fourth-order valence-electron chi connectivity index (χ4n) is 2.06. The quantitative estimate of drug-likeness (QED) is 0.352. The Hall–Kier alpha value is -1.67. The molecule has 1 aromatic carbocycles. The molecule has 0 aliphatic carbocycles. The zero-order valence-corrected chi connectivity index (χ0v) is 15.7. The normalized spacial score (nSPS) is 12.2. The van der Waals surface area contributed by atoms with Crippen molar-refractivity contribution in [2.45, 2.75) is 31.1 Å². The van der Waals surface area contributed by atoms with E-state index in [4.69, 9.17) is 4.74 Å². The molecule has 0 aliphatic rings. The molecule has 0 saturated carbocycles. The van der Waals surface area contributed by atoms with Crippen LogP contribution in [0.2, 0.25) is 0 Å². The molecule has 6 nitrogen and oxygen atoms in total. The Kier molecular flexibility index (Phi) is 10.1. The summed E-state index contributed by atoms with van der Waals surface area (Å²) < 4.78 is 43.4. The molecule has 0 unspecified atom stereocenters. The second-order valence-electron chi connectivity index (χ2n) is 5.49. The Bertz CT molecular complexity index is 636. The van der Waals surface area contributed by atoms with Crippen molar-refractivity contribution < 1.29 is 17.5 Å². The van der Waals surface area contributed by atoms with Crippen molar-refractivity contribution in [2.24, 2.45) is 4.99 Å². The third-order valence-electron chi connectivity index (χ3n) is 3.46. The molecular weight excluding hydrogens is 345 g/mol. The van der Waals surface area contributed by atoms with Crippen molar-refractivity contribution >= 4 is 15.8 Å². The molecule has 2 N–H and O–H groups in total. The van der Waals surface area contributed by atoms with Crippen LogP contribution in [-0.2, 0) is 14.6 Å². The van der Waals surface area contributed by atoms with Crippen LogP contribution in [0.25, 0.3) is 0 Å². The summed E-state index contributed by atoms with van der Waals surface area (Å²) in [6.07, 6.45) is 3.01. The van der Waals surface area contributed by atoms with Crippen LogP contribution in [0.15, 0.2) is 34.2 Å². The number of hydrogen-bond donors (Lipinski definition) is 2. The van der Waals surface area contributed by atoms with E-state index in [1.807, 2.05) is 0 Å². The summed E-state index contributed by atoms with van der Waals surface area (Å²) in [6, 6.07) is 5.39. The Morgan fingerprint density at radius 3 is 2.52 bits per heavy atom. The van der Waals surface area contributed by atoms with E-state index in [1.54, 1.807) is 7.05 Å². The van der Waals surface area contributed by atoms with Gasteiger partial charge in [0.1, 0.15) is 10.7 Å². The van der Waals surface area contributed by atoms with E-state index in [9.17, 15) is 12.8 Å². The number of ether oxygens (including phenoxy) is 1. The van der Waals surface area contributed by atoms with Crippen molar-refractivity contribution in [1.29, 1.82) is 0 Å². The lowest BCUT2D eigenvalue weighted by molar-refractivity contribution is 0.129. The van der Waals surface area contributed by atoms with Crippen LogP contribution in [0.4, 0.5) is 4.39 Å². The molecule has 0 aliphatic heterocycles. The van der Waals surface area contributed by atoms with E-state index >= 15 is 0 Å². The van der Waals surface area contributed by atoms with Gasteiger partial charge >= 0.3 is 0 Å². The number of halogens is 1. The molecule has 25 heavy (non-hydrogen) atoms. The molecule has 0 bridgehead atoms. The van der Waals surface area contributed by atoms with E-state index in [0.717, 1.165) is 31.9 Å². The smallest absolute Gasteiger partial charge is 0.191 e. The third-order valence-corrected chi connectivity index (χ3v) is 5.20. The van der Waals surface area contributed by atoms with Crippen molar-refractivity contribution in [3.63, 3.8) is 0 Å². The monoisotopic (exact) mass is 373 g/mol. The Labute approximate surface area is 149 Å². The maximum absolute atomic E-state index is 13.6. The molecule has 0 aromatic heterocycles. The average molecular weight is 373 g/mol. The highest BCUT2D eigenvalue weighted by molar-refractivity contribution is 7.91. The largest absolute Gasteiger partial charge is 0.381 e. The van der Waals surface area contributed by atoms with E-state index in [0.29, 0.717) is 19.1 Å². The molecule has 0 atom stereocenters. The number of benzene rings is 1. The van der Waals surface area contributed by atoms with Gasteiger partial charge in [0, 0.05) is 33.4 Å². The molecule has 0 radical (unpaired) electrons. The first-order valence-electron chi connectivity index (χ1n) is 8.50. The molecule has 8 heteroatoms. The Balaban J connectivity index is 2.30. The second kappa shape index (κ2) is 11.8. The predicted molar refractivity (Wildman–Crippen MR) is 98.2 cm³/mol. The topological polar surface area (TPSA) is 79.8 Å². The molecule has 1 rings (SSSR count). The average Bonchev–Trinajstić information content (AvgIpc) is 2.59. The van der Waals surface area contributed by atoms with Gasteiger partial charge < -0.3 is 15.4 Å². The number of nitrogens with zero attached hydrogens (tertiary/aromatic N) is 1. The standard InChI is InChI=1S/C17H28FN3O3S/c1-3-4-12-24-13-7-10-20-17(19-2)21-11-14-25(22,23)16-9-6-5-8-15(16)18/h5-6,8-9H,3-4,7,10-14H2,1-2H3,(H2,19,20,21). The van der Waals surface area contributed by atoms with Gasteiger partial charge in [-0.25, -0.2) is 12.8 Å². The lowest BCUT2D eigenvalue weighted by Crippen LogP contribution is -2.40. The summed E-state index contributed by atoms with van der Waals surface area (Å²) in [7, 11) is -2.06. The van der Waals surface area contributed by atoms with Gasteiger partial charge in [-0.3, -0.25) is 4.99 Å². The minimum atomic E-state index is -3.67. The lowest BCUT2D eigenvalue weighted by atomic mass is 10.3. The highest BCUT2D eigenvalue weighted by Gasteiger charge is 2.18. The summed E-state index contributed by atoms with van der Waals surface area (Å²) in [5.41, 5.74) is 0. The van der Waals surface area contributed by atoms with Crippen LogP contribution < -0.4 is 10.6 Å². The molecule has 0 saturated heterocycles. The highest BCUT2D eigenvalue weighted by Crippen LogP contribution is 2.14. The number of rotatable bonds is 11. The molecule has 0 fully saturated rings. The highest BCUT2D eigenvalue weighted by atomic mass is 32.2. The first kappa shape index (κ1) is 21.4. The third kappa shape index (κ3) is 8.31. The summed E-state index contributed by atoms with van der Waals surface area (Å²) in [6.45, 7) is 4.38. The van der Waals surface area contributed by atoms with Crippen molar-refractivity contribution in [3.05, 3.63) is 30.1 Å². The van der Waals surface area contributed by atoms with Crippen molar-refractivity contribution in [1.82, 2.24) is 10.6 Å².